The molecule has 7 heteroatoms. The van der Waals surface area contributed by atoms with E-state index in [4.69, 9.17) is 23.5 Å². The Labute approximate surface area is 191 Å². The van der Waals surface area contributed by atoms with E-state index in [0.29, 0.717) is 24.7 Å². The van der Waals surface area contributed by atoms with Crippen molar-refractivity contribution in [2.75, 3.05) is 13.7 Å². The second-order valence-corrected chi connectivity index (χ2v) is 8.92. The molecule has 6 nitrogen and oxygen atoms in total. The smallest absolute Gasteiger partial charge is 0.466 e. The molecule has 0 spiro atoms. The summed E-state index contributed by atoms with van der Waals surface area (Å²) in [6.45, 7) is 10.5. The molecule has 1 fully saturated rings. The van der Waals surface area contributed by atoms with Crippen molar-refractivity contribution in [1.29, 1.82) is 0 Å². The van der Waals surface area contributed by atoms with Crippen LogP contribution in [0.1, 0.15) is 58.0 Å². The maximum absolute atomic E-state index is 12.4. The van der Waals surface area contributed by atoms with Gasteiger partial charge in [0.2, 0.25) is 0 Å². The van der Waals surface area contributed by atoms with E-state index in [1.54, 1.807) is 14.0 Å². The van der Waals surface area contributed by atoms with Crippen molar-refractivity contribution in [1.82, 2.24) is 0 Å². The van der Waals surface area contributed by atoms with E-state index in [0.717, 1.165) is 11.1 Å². The zero-order valence-electron chi connectivity index (χ0n) is 19.8. The van der Waals surface area contributed by atoms with Gasteiger partial charge in [0.05, 0.1) is 31.3 Å². The first kappa shape index (κ1) is 24.1. The summed E-state index contributed by atoms with van der Waals surface area (Å²) in [6, 6.07) is 15.6. The fraction of sp³-hybridized carbons (Fsp3) is 0.480. The molecule has 172 valence electrons. The van der Waals surface area contributed by atoms with Gasteiger partial charge in [0.25, 0.3) is 0 Å². The highest BCUT2D eigenvalue weighted by molar-refractivity contribution is 6.48. The molecule has 1 saturated heterocycles. The first-order valence-electron chi connectivity index (χ1n) is 11.0. The number of methoxy groups -OCH3 is 1. The molecule has 0 radical (unpaired) electrons. The van der Waals surface area contributed by atoms with Crippen molar-refractivity contribution in [2.24, 2.45) is 0 Å². The average Bonchev–Trinajstić information content (AvgIpc) is 2.98. The van der Waals surface area contributed by atoms with Gasteiger partial charge in [-0.1, -0.05) is 36.4 Å². The first-order chi connectivity index (χ1) is 15.2. The normalized spacial score (nSPS) is 17.6. The molecule has 2 aromatic rings. The Hall–Kier alpha value is -2.51. The zero-order valence-corrected chi connectivity index (χ0v) is 19.8. The van der Waals surface area contributed by atoms with Crippen LogP contribution in [0.15, 0.2) is 48.5 Å². The van der Waals surface area contributed by atoms with E-state index < -0.39 is 18.3 Å². The monoisotopic (exact) mass is 440 g/mol. The third-order valence-electron chi connectivity index (χ3n) is 6.14. The molecule has 0 amide bonds. The van der Waals surface area contributed by atoms with Crippen LogP contribution < -0.4 is 9.47 Å². The highest BCUT2D eigenvalue weighted by atomic mass is 16.7. The van der Waals surface area contributed by atoms with Crippen LogP contribution in [0.2, 0.25) is 0 Å². The van der Waals surface area contributed by atoms with Gasteiger partial charge in [-0.3, -0.25) is 4.79 Å². The van der Waals surface area contributed by atoms with Crippen LogP contribution in [0.3, 0.4) is 0 Å². The SMILES string of the molecule is CCOC(=O)CC(B1OC(C)(C)C(C)(C)O1)c1ccc(OC)c(OCc2ccccc2)c1. The van der Waals surface area contributed by atoms with Gasteiger partial charge >= 0.3 is 13.1 Å². The third kappa shape index (κ3) is 5.45. The Morgan fingerprint density at radius 2 is 1.66 bits per heavy atom. The number of hydrogen-bond acceptors (Lipinski definition) is 6. The number of carbonyl (C=O) groups excluding carboxylic acids is 1. The van der Waals surface area contributed by atoms with Gasteiger partial charge in [-0.2, -0.15) is 0 Å². The molecule has 1 unspecified atom stereocenters. The fourth-order valence-electron chi connectivity index (χ4n) is 3.60. The minimum absolute atomic E-state index is 0.134. The summed E-state index contributed by atoms with van der Waals surface area (Å²) in [7, 11) is 1.01. The minimum atomic E-state index is -0.597. The molecule has 1 aliphatic rings. The van der Waals surface area contributed by atoms with Gasteiger partial charge in [-0.05, 0) is 57.9 Å². The van der Waals surface area contributed by atoms with Crippen LogP contribution in [0.25, 0.3) is 0 Å². The highest BCUT2D eigenvalue weighted by Gasteiger charge is 2.54. The van der Waals surface area contributed by atoms with Crippen LogP contribution in [0.5, 0.6) is 11.5 Å². The predicted octanol–water partition coefficient (Wildman–Crippen LogP) is 4.94. The van der Waals surface area contributed by atoms with E-state index in [9.17, 15) is 4.79 Å². The largest absolute Gasteiger partial charge is 0.493 e. The topological polar surface area (TPSA) is 63.2 Å². The Kier molecular flexibility index (Phi) is 7.52. The molecule has 1 atom stereocenters. The van der Waals surface area contributed by atoms with Crippen LogP contribution >= 0.6 is 0 Å². The van der Waals surface area contributed by atoms with Crippen LogP contribution in [-0.4, -0.2) is 38.0 Å². The van der Waals surface area contributed by atoms with Crippen molar-refractivity contribution in [2.45, 2.75) is 64.7 Å². The van der Waals surface area contributed by atoms with E-state index >= 15 is 0 Å². The molecular formula is C25H33BO6. The Morgan fingerprint density at radius 3 is 2.25 bits per heavy atom. The maximum Gasteiger partial charge on any atom is 0.466 e. The Balaban J connectivity index is 1.90. The quantitative estimate of drug-likeness (QED) is 0.407. The van der Waals surface area contributed by atoms with E-state index in [-0.39, 0.29) is 18.2 Å². The second-order valence-electron chi connectivity index (χ2n) is 8.92. The van der Waals surface area contributed by atoms with Gasteiger partial charge in [0.1, 0.15) is 6.61 Å². The second kappa shape index (κ2) is 9.96. The average molecular weight is 440 g/mol. The summed E-state index contributed by atoms with van der Waals surface area (Å²) in [4.78, 5) is 12.4. The van der Waals surface area contributed by atoms with Crippen molar-refractivity contribution in [3.8, 4) is 11.5 Å². The summed E-state index contributed by atoms with van der Waals surface area (Å²) in [5.74, 6) is 0.558. The van der Waals surface area contributed by atoms with Gasteiger partial charge in [0.15, 0.2) is 11.5 Å². The van der Waals surface area contributed by atoms with Gasteiger partial charge in [0, 0.05) is 5.82 Å². The lowest BCUT2D eigenvalue weighted by atomic mass is 9.66. The molecule has 0 aromatic heterocycles. The van der Waals surface area contributed by atoms with E-state index in [1.807, 2.05) is 76.2 Å². The summed E-state index contributed by atoms with van der Waals surface area (Å²) in [6.07, 6.45) is 0.134. The van der Waals surface area contributed by atoms with Crippen LogP contribution in [-0.2, 0) is 25.4 Å². The molecule has 1 aliphatic heterocycles. The van der Waals surface area contributed by atoms with Crippen LogP contribution in [0, 0.1) is 0 Å². The maximum atomic E-state index is 12.4. The molecule has 0 N–H and O–H groups in total. The predicted molar refractivity (Wildman–Crippen MR) is 124 cm³/mol. The summed E-state index contributed by atoms with van der Waals surface area (Å²) in [5.41, 5.74) is 0.891. The Bertz CT molecular complexity index is 896. The van der Waals surface area contributed by atoms with Crippen molar-refractivity contribution in [3.05, 3.63) is 59.7 Å². The van der Waals surface area contributed by atoms with Crippen molar-refractivity contribution < 1.29 is 28.3 Å². The van der Waals surface area contributed by atoms with Crippen molar-refractivity contribution >= 4 is 13.1 Å². The van der Waals surface area contributed by atoms with E-state index in [2.05, 4.69) is 0 Å². The molecule has 0 bridgehead atoms. The lowest BCUT2D eigenvalue weighted by molar-refractivity contribution is -0.143. The zero-order chi connectivity index (χ0) is 23.4. The lowest BCUT2D eigenvalue weighted by Gasteiger charge is -2.32. The number of ether oxygens (including phenoxy) is 3. The molecule has 2 aromatic carbocycles. The van der Waals surface area contributed by atoms with Crippen molar-refractivity contribution in [3.63, 3.8) is 0 Å². The lowest BCUT2D eigenvalue weighted by Crippen LogP contribution is -2.41. The van der Waals surface area contributed by atoms with Gasteiger partial charge < -0.3 is 23.5 Å². The molecular weight excluding hydrogens is 407 g/mol. The summed E-state index contributed by atoms with van der Waals surface area (Å²) in [5, 5.41) is 0. The summed E-state index contributed by atoms with van der Waals surface area (Å²) < 4.78 is 29.4. The number of carbonyl (C=O) groups is 1. The minimum Gasteiger partial charge on any atom is -0.493 e. The number of esters is 1. The Morgan fingerprint density at radius 1 is 1.00 bits per heavy atom. The van der Waals surface area contributed by atoms with Crippen LogP contribution in [0.4, 0.5) is 0 Å². The van der Waals surface area contributed by atoms with E-state index in [1.165, 1.54) is 0 Å². The molecule has 3 rings (SSSR count). The molecule has 0 aliphatic carbocycles. The number of hydrogen-bond donors (Lipinski definition) is 0. The number of benzene rings is 2. The molecule has 0 saturated carbocycles. The standard InChI is InChI=1S/C25H33BO6/c1-7-29-23(27)16-20(26-31-24(2,3)25(4,5)32-26)19-13-14-21(28-6)22(15-19)30-17-18-11-9-8-10-12-18/h8-15,20H,7,16-17H2,1-6H3. The van der Waals surface area contributed by atoms with Gasteiger partial charge in [-0.25, -0.2) is 0 Å². The molecule has 1 heterocycles. The highest BCUT2D eigenvalue weighted by Crippen LogP contribution is 2.43. The summed E-state index contributed by atoms with van der Waals surface area (Å²) >= 11 is 0. The molecule has 32 heavy (non-hydrogen) atoms. The fourth-order valence-corrected chi connectivity index (χ4v) is 3.60. The third-order valence-corrected chi connectivity index (χ3v) is 6.14. The number of rotatable bonds is 9. The first-order valence-corrected chi connectivity index (χ1v) is 11.0. The van der Waals surface area contributed by atoms with Gasteiger partial charge in [-0.15, -0.1) is 0 Å².